The van der Waals surface area contributed by atoms with Gasteiger partial charge in [0.05, 0.1) is 5.69 Å². The van der Waals surface area contributed by atoms with E-state index in [1.807, 2.05) is 32.0 Å². The summed E-state index contributed by atoms with van der Waals surface area (Å²) >= 11 is 0. The smallest absolute Gasteiger partial charge is 0.331 e. The van der Waals surface area contributed by atoms with Crippen LogP contribution in [0.4, 0.5) is 4.39 Å². The van der Waals surface area contributed by atoms with Gasteiger partial charge in [-0.3, -0.25) is 0 Å². The third-order valence-electron chi connectivity index (χ3n) is 6.28. The molecule has 0 atom stereocenters. The van der Waals surface area contributed by atoms with Crippen molar-refractivity contribution in [2.24, 2.45) is 0 Å². The number of halogens is 1. The summed E-state index contributed by atoms with van der Waals surface area (Å²) in [6, 6.07) is 12.4. The normalized spacial score (nSPS) is 14.4. The van der Waals surface area contributed by atoms with Crippen molar-refractivity contribution in [3.63, 3.8) is 0 Å². The Kier molecular flexibility index (Phi) is 8.21. The number of aliphatic hydroxyl groups is 1. The van der Waals surface area contributed by atoms with Crippen molar-refractivity contribution < 1.29 is 33.6 Å². The molecule has 3 aromatic rings. The molecule has 0 unspecified atom stereocenters. The molecule has 0 spiro atoms. The van der Waals surface area contributed by atoms with Crippen LogP contribution in [0, 0.1) is 17.1 Å². The van der Waals surface area contributed by atoms with Gasteiger partial charge in [-0.2, -0.15) is 10.4 Å². The summed E-state index contributed by atoms with van der Waals surface area (Å²) in [5.74, 6) is -0.737. The molecule has 2 aliphatic rings. The van der Waals surface area contributed by atoms with E-state index < -0.39 is 17.6 Å². The van der Waals surface area contributed by atoms with Crippen molar-refractivity contribution in [2.45, 2.75) is 58.3 Å². The number of carboxylic acids is 1. The minimum Gasteiger partial charge on any atom is -0.486 e. The van der Waals surface area contributed by atoms with Gasteiger partial charge in [0.2, 0.25) is 5.79 Å². The third-order valence-corrected chi connectivity index (χ3v) is 6.28. The highest BCUT2D eigenvalue weighted by Gasteiger charge is 2.31. The van der Waals surface area contributed by atoms with Crippen LogP contribution in [-0.2, 0) is 24.2 Å². The fraction of sp³-hybridized carbons (Fsp3) is 0.345. The summed E-state index contributed by atoms with van der Waals surface area (Å²) in [6.07, 6.45) is 3.96. The van der Waals surface area contributed by atoms with Crippen molar-refractivity contribution in [3.05, 3.63) is 76.9 Å². The van der Waals surface area contributed by atoms with Crippen LogP contribution in [0.25, 0.3) is 5.69 Å². The second-order valence-electron chi connectivity index (χ2n) is 9.68. The van der Waals surface area contributed by atoms with Crippen LogP contribution in [-0.4, -0.2) is 38.4 Å². The number of aromatic nitrogens is 2. The van der Waals surface area contributed by atoms with Crippen LogP contribution in [0.2, 0.25) is 0 Å². The first-order valence-electron chi connectivity index (χ1n) is 12.6. The highest BCUT2D eigenvalue weighted by Crippen LogP contribution is 2.39. The van der Waals surface area contributed by atoms with E-state index in [1.54, 1.807) is 16.8 Å². The predicted octanol–water partition coefficient (Wildman–Crippen LogP) is 4.86. The zero-order chi connectivity index (χ0) is 28.2. The number of aliphatic hydroxyl groups excluding tert-OH is 1. The maximum atomic E-state index is 14.5. The molecule has 0 bridgehead atoms. The maximum absolute atomic E-state index is 14.5. The Balaban J connectivity index is 0.000000386. The lowest BCUT2D eigenvalue weighted by molar-refractivity contribution is -0.132. The van der Waals surface area contributed by atoms with Gasteiger partial charge in [-0.25, -0.2) is 13.9 Å². The Bertz CT molecular complexity index is 1440. The van der Waals surface area contributed by atoms with Crippen LogP contribution >= 0.6 is 0 Å². The molecule has 2 heterocycles. The van der Waals surface area contributed by atoms with Crippen LogP contribution in [0.5, 0.6) is 17.2 Å². The van der Waals surface area contributed by atoms with Gasteiger partial charge in [0, 0.05) is 49.8 Å². The molecule has 39 heavy (non-hydrogen) atoms. The molecule has 1 aliphatic heterocycles. The highest BCUT2D eigenvalue weighted by atomic mass is 19.1. The van der Waals surface area contributed by atoms with E-state index in [0.29, 0.717) is 22.9 Å². The van der Waals surface area contributed by atoms with Crippen molar-refractivity contribution in [1.82, 2.24) is 9.78 Å². The number of nitrogens with zero attached hydrogens (tertiary/aromatic N) is 3. The molecule has 204 valence electrons. The number of rotatable bonds is 7. The Morgan fingerprint density at radius 1 is 1.21 bits per heavy atom. The molecule has 5 rings (SSSR count). The van der Waals surface area contributed by atoms with Gasteiger partial charge in [-0.05, 0) is 55.5 Å². The third kappa shape index (κ3) is 6.38. The van der Waals surface area contributed by atoms with Gasteiger partial charge < -0.3 is 24.4 Å². The van der Waals surface area contributed by atoms with Crippen LogP contribution in [0.3, 0.4) is 0 Å². The predicted molar refractivity (Wildman–Crippen MR) is 139 cm³/mol. The summed E-state index contributed by atoms with van der Waals surface area (Å²) in [5.41, 5.74) is 4.05. The van der Waals surface area contributed by atoms with E-state index in [9.17, 15) is 14.4 Å². The fourth-order valence-electron chi connectivity index (χ4n) is 4.40. The molecule has 1 aromatic heterocycles. The van der Waals surface area contributed by atoms with E-state index >= 15 is 0 Å². The Morgan fingerprint density at radius 2 is 1.95 bits per heavy atom. The van der Waals surface area contributed by atoms with Crippen molar-refractivity contribution in [1.29, 1.82) is 5.26 Å². The number of benzene rings is 2. The quantitative estimate of drug-likeness (QED) is 0.411. The molecule has 0 radical (unpaired) electrons. The van der Waals surface area contributed by atoms with E-state index in [1.165, 1.54) is 6.07 Å². The minimum absolute atomic E-state index is 0.0486. The molecule has 0 amide bonds. The van der Waals surface area contributed by atoms with Gasteiger partial charge in [-0.15, -0.1) is 0 Å². The number of hydrogen-bond acceptors (Lipinski definition) is 7. The first-order chi connectivity index (χ1) is 18.6. The average molecular weight is 536 g/mol. The molecule has 0 fully saturated rings. The second-order valence-corrected chi connectivity index (χ2v) is 9.68. The highest BCUT2D eigenvalue weighted by molar-refractivity contribution is 5.85. The molecular weight excluding hydrogens is 505 g/mol. The number of carbonyl (C=O) groups is 1. The summed E-state index contributed by atoms with van der Waals surface area (Å²) < 4.78 is 33.5. The van der Waals surface area contributed by atoms with Gasteiger partial charge in [0.1, 0.15) is 12.7 Å². The Hall–Kier alpha value is -4.36. The molecule has 2 aromatic carbocycles. The molecular formula is C29H30FN3O6. The zero-order valence-electron chi connectivity index (χ0n) is 21.9. The number of aliphatic carboxylic acids is 1. The van der Waals surface area contributed by atoms with Gasteiger partial charge in [0.15, 0.2) is 28.8 Å². The first kappa shape index (κ1) is 27.7. The van der Waals surface area contributed by atoms with Gasteiger partial charge >= 0.3 is 5.97 Å². The lowest BCUT2D eigenvalue weighted by atomic mass is 9.96. The van der Waals surface area contributed by atoms with Crippen molar-refractivity contribution in [2.75, 3.05) is 6.61 Å². The van der Waals surface area contributed by atoms with Crippen LogP contribution < -0.4 is 14.2 Å². The van der Waals surface area contributed by atoms with Gasteiger partial charge in [0.25, 0.3) is 0 Å². The fourth-order valence-corrected chi connectivity index (χ4v) is 4.40. The summed E-state index contributed by atoms with van der Waals surface area (Å²) in [6.45, 7) is 6.90. The standard InChI is InChI=1S/C24H22FN3O3.C5H8O3/c1-24(2)30-21-10-7-15(11-23(21)31-24)14-29-22-12-16(8-9-18(22)25)28-20-6-4-3-5-17(20)19(13-26)27-28;1-4(2-3-6)5(7)8/h7-12H,3-6,14H2,1-2H3;6H,1-3H2,(H,7,8). The topological polar surface area (TPSA) is 127 Å². The average Bonchev–Trinajstić information content (AvgIpc) is 3.44. The Labute approximate surface area is 225 Å². The molecule has 10 heteroatoms. The van der Waals surface area contributed by atoms with Crippen molar-refractivity contribution >= 4 is 5.97 Å². The monoisotopic (exact) mass is 535 g/mol. The molecule has 1 aliphatic carbocycles. The second kappa shape index (κ2) is 11.6. The largest absolute Gasteiger partial charge is 0.486 e. The van der Waals surface area contributed by atoms with Crippen LogP contribution in [0.15, 0.2) is 48.6 Å². The van der Waals surface area contributed by atoms with E-state index in [4.69, 9.17) is 24.4 Å². The molecule has 0 saturated heterocycles. The molecule has 9 nitrogen and oxygen atoms in total. The maximum Gasteiger partial charge on any atom is 0.331 e. The Morgan fingerprint density at radius 3 is 2.64 bits per heavy atom. The number of ether oxygens (including phenoxy) is 3. The lowest BCUT2D eigenvalue weighted by Crippen LogP contribution is -2.29. The molecule has 0 saturated carbocycles. The zero-order valence-corrected chi connectivity index (χ0v) is 21.9. The van der Waals surface area contributed by atoms with E-state index in [0.717, 1.165) is 42.5 Å². The number of carboxylic acid groups (broad SMARTS) is 1. The molecule has 2 N–H and O–H groups in total. The summed E-state index contributed by atoms with van der Waals surface area (Å²) in [4.78, 5) is 9.88. The summed E-state index contributed by atoms with van der Waals surface area (Å²) in [5, 5.41) is 30.2. The van der Waals surface area contributed by atoms with E-state index in [-0.39, 0.29) is 31.0 Å². The van der Waals surface area contributed by atoms with Crippen molar-refractivity contribution in [3.8, 4) is 29.0 Å². The minimum atomic E-state index is -1.04. The lowest BCUT2D eigenvalue weighted by Gasteiger charge is -2.16. The van der Waals surface area contributed by atoms with E-state index in [2.05, 4.69) is 17.7 Å². The number of fused-ring (bicyclic) bond motifs is 2. The number of hydrogen-bond donors (Lipinski definition) is 2. The van der Waals surface area contributed by atoms with Crippen LogP contribution in [0.1, 0.15) is 55.6 Å². The SMILES string of the molecule is C=C(CCO)C(=O)O.CC1(C)Oc2ccc(COc3cc(-n4nc(C#N)c5c4CCCC5)ccc3F)cc2O1. The summed E-state index contributed by atoms with van der Waals surface area (Å²) in [7, 11) is 0. The number of nitriles is 1. The van der Waals surface area contributed by atoms with Gasteiger partial charge in [-0.1, -0.05) is 12.6 Å². The first-order valence-corrected chi connectivity index (χ1v) is 12.6.